The van der Waals surface area contributed by atoms with Crippen LogP contribution in [0.4, 0.5) is 22.7 Å². The summed E-state index contributed by atoms with van der Waals surface area (Å²) in [6.07, 6.45) is 0. The summed E-state index contributed by atoms with van der Waals surface area (Å²) in [5.74, 6) is -0.126. The molecule has 0 fully saturated rings. The molecule has 3 N–H and O–H groups in total. The van der Waals surface area contributed by atoms with Crippen molar-refractivity contribution >= 4 is 28.7 Å². The fraction of sp³-hybridized carbons (Fsp3) is 0.174. The number of ether oxygens (including phenoxy) is 1. The Hall–Kier alpha value is -3.91. The molecule has 0 spiro atoms. The fourth-order valence-electron chi connectivity index (χ4n) is 3.55. The second kappa shape index (κ2) is 8.08. The first-order valence-corrected chi connectivity index (χ1v) is 9.71. The standard InChI is InChI=1S/C23H21N3O5/c1-13(12-27)14-4-7-18-20(9-14)25-23(28)17-6-3-15(10-19(17)24-18)16-5-8-21(26(29)30)22(11-16)31-2/h3-11,13,24,27H,12H2,1-2H3,(H,25,28). The van der Waals surface area contributed by atoms with Gasteiger partial charge in [0.1, 0.15) is 0 Å². The van der Waals surface area contributed by atoms with E-state index in [1.165, 1.54) is 13.2 Å². The molecule has 1 aliphatic heterocycles. The topological polar surface area (TPSA) is 114 Å². The smallest absolute Gasteiger partial charge is 0.310 e. The molecule has 8 heteroatoms. The summed E-state index contributed by atoms with van der Waals surface area (Å²) in [4.78, 5) is 23.5. The number of rotatable bonds is 5. The Labute approximate surface area is 178 Å². The Kier molecular flexibility index (Phi) is 5.31. The van der Waals surface area contributed by atoms with Gasteiger partial charge in [-0.2, -0.15) is 0 Å². The highest BCUT2D eigenvalue weighted by atomic mass is 16.6. The van der Waals surface area contributed by atoms with E-state index in [4.69, 9.17) is 4.74 Å². The van der Waals surface area contributed by atoms with Gasteiger partial charge in [0, 0.05) is 18.6 Å². The number of anilines is 3. The van der Waals surface area contributed by atoms with Gasteiger partial charge in [0.2, 0.25) is 0 Å². The van der Waals surface area contributed by atoms with Crippen LogP contribution in [0.5, 0.6) is 5.75 Å². The van der Waals surface area contributed by atoms with Crippen molar-refractivity contribution in [1.29, 1.82) is 0 Å². The minimum Gasteiger partial charge on any atom is -0.490 e. The first-order chi connectivity index (χ1) is 14.9. The van der Waals surface area contributed by atoms with Crippen LogP contribution in [0.25, 0.3) is 11.1 Å². The molecule has 0 saturated heterocycles. The van der Waals surface area contributed by atoms with E-state index in [-0.39, 0.29) is 29.9 Å². The highest BCUT2D eigenvalue weighted by Gasteiger charge is 2.21. The number of nitro benzene ring substituents is 1. The molecule has 4 rings (SSSR count). The highest BCUT2D eigenvalue weighted by Crippen LogP contribution is 2.38. The maximum Gasteiger partial charge on any atom is 0.310 e. The summed E-state index contributed by atoms with van der Waals surface area (Å²) in [5, 5.41) is 26.8. The number of fused-ring (bicyclic) bond motifs is 2. The lowest BCUT2D eigenvalue weighted by Crippen LogP contribution is -2.11. The number of nitrogens with zero attached hydrogens (tertiary/aromatic N) is 1. The van der Waals surface area contributed by atoms with Gasteiger partial charge in [-0.05, 0) is 53.1 Å². The molecule has 8 nitrogen and oxygen atoms in total. The normalized spacial score (nSPS) is 13.2. The van der Waals surface area contributed by atoms with E-state index >= 15 is 0 Å². The average molecular weight is 419 g/mol. The van der Waals surface area contributed by atoms with Gasteiger partial charge in [-0.1, -0.05) is 19.1 Å². The van der Waals surface area contributed by atoms with Crippen LogP contribution < -0.4 is 15.4 Å². The van der Waals surface area contributed by atoms with Crippen LogP contribution in [0.1, 0.15) is 28.8 Å². The van der Waals surface area contributed by atoms with E-state index in [0.717, 1.165) is 22.4 Å². The summed E-state index contributed by atoms with van der Waals surface area (Å²) in [6.45, 7) is 1.93. The zero-order chi connectivity index (χ0) is 22.1. The van der Waals surface area contributed by atoms with Gasteiger partial charge in [-0.15, -0.1) is 0 Å². The quantitative estimate of drug-likeness (QED) is 0.409. The number of hydrogen-bond acceptors (Lipinski definition) is 6. The van der Waals surface area contributed by atoms with Gasteiger partial charge in [-0.3, -0.25) is 14.9 Å². The number of hydrogen-bond donors (Lipinski definition) is 3. The minimum absolute atomic E-state index is 0.0163. The summed E-state index contributed by atoms with van der Waals surface area (Å²) in [7, 11) is 1.39. The molecule has 0 aromatic heterocycles. The largest absolute Gasteiger partial charge is 0.490 e. The van der Waals surface area contributed by atoms with Crippen LogP contribution in [0, 0.1) is 10.1 Å². The second-order valence-electron chi connectivity index (χ2n) is 7.37. The molecule has 1 amide bonds. The van der Waals surface area contributed by atoms with Crippen LogP contribution in [0.2, 0.25) is 0 Å². The van der Waals surface area contributed by atoms with E-state index in [2.05, 4.69) is 10.6 Å². The van der Waals surface area contributed by atoms with Crippen LogP contribution in [-0.2, 0) is 0 Å². The zero-order valence-electron chi connectivity index (χ0n) is 17.0. The third-order valence-corrected chi connectivity index (χ3v) is 5.38. The van der Waals surface area contributed by atoms with Crippen molar-refractivity contribution in [2.24, 2.45) is 0 Å². The Balaban J connectivity index is 1.74. The fourth-order valence-corrected chi connectivity index (χ4v) is 3.55. The number of methoxy groups -OCH3 is 1. The van der Waals surface area contributed by atoms with Gasteiger partial charge in [0.15, 0.2) is 5.75 Å². The van der Waals surface area contributed by atoms with Crippen molar-refractivity contribution in [3.8, 4) is 16.9 Å². The summed E-state index contributed by atoms with van der Waals surface area (Å²) in [6, 6.07) is 15.6. The number of aliphatic hydroxyl groups is 1. The number of aliphatic hydroxyl groups excluding tert-OH is 1. The highest BCUT2D eigenvalue weighted by molar-refractivity contribution is 6.12. The Morgan fingerprint density at radius 1 is 1.00 bits per heavy atom. The molecule has 1 heterocycles. The Morgan fingerprint density at radius 2 is 1.74 bits per heavy atom. The van der Waals surface area contributed by atoms with Gasteiger partial charge < -0.3 is 20.5 Å². The van der Waals surface area contributed by atoms with E-state index in [1.807, 2.05) is 31.2 Å². The molecule has 0 bridgehead atoms. The molecule has 0 aliphatic carbocycles. The van der Waals surface area contributed by atoms with E-state index < -0.39 is 4.92 Å². The molecule has 31 heavy (non-hydrogen) atoms. The molecule has 0 radical (unpaired) electrons. The summed E-state index contributed by atoms with van der Waals surface area (Å²) >= 11 is 0. The van der Waals surface area contributed by atoms with Crippen molar-refractivity contribution in [2.45, 2.75) is 12.8 Å². The average Bonchev–Trinajstić information content (AvgIpc) is 2.92. The maximum absolute atomic E-state index is 12.8. The van der Waals surface area contributed by atoms with Gasteiger partial charge >= 0.3 is 5.69 Å². The monoisotopic (exact) mass is 419 g/mol. The molecule has 1 aliphatic rings. The van der Waals surface area contributed by atoms with E-state index in [0.29, 0.717) is 16.9 Å². The molecule has 3 aromatic rings. The van der Waals surface area contributed by atoms with Crippen LogP contribution in [-0.4, -0.2) is 29.7 Å². The third kappa shape index (κ3) is 3.80. The van der Waals surface area contributed by atoms with Crippen molar-refractivity contribution in [2.75, 3.05) is 24.4 Å². The Morgan fingerprint density at radius 3 is 2.45 bits per heavy atom. The van der Waals surface area contributed by atoms with Gasteiger partial charge in [0.05, 0.1) is 34.7 Å². The number of carbonyl (C=O) groups is 1. The lowest BCUT2D eigenvalue weighted by atomic mass is 10.0. The lowest BCUT2D eigenvalue weighted by Gasteiger charge is -2.14. The number of carbonyl (C=O) groups excluding carboxylic acids is 1. The van der Waals surface area contributed by atoms with Crippen molar-refractivity contribution in [3.05, 3.63) is 75.8 Å². The Bertz CT molecular complexity index is 1190. The predicted molar refractivity (Wildman–Crippen MR) is 118 cm³/mol. The predicted octanol–water partition coefficient (Wildman–Crippen LogP) is 4.68. The van der Waals surface area contributed by atoms with Crippen LogP contribution in [0.15, 0.2) is 54.6 Å². The summed E-state index contributed by atoms with van der Waals surface area (Å²) in [5.41, 5.74) is 4.79. The molecule has 1 atom stereocenters. The first-order valence-electron chi connectivity index (χ1n) is 9.71. The number of benzene rings is 3. The SMILES string of the molecule is COc1cc(-c2ccc3c(c2)Nc2ccc(C(C)CO)cc2NC3=O)ccc1[N+](=O)[O-]. The number of amides is 1. The van der Waals surface area contributed by atoms with Gasteiger partial charge in [0.25, 0.3) is 5.91 Å². The van der Waals surface area contributed by atoms with Gasteiger partial charge in [-0.25, -0.2) is 0 Å². The molecule has 1 unspecified atom stereocenters. The number of nitrogens with one attached hydrogen (secondary N) is 2. The zero-order valence-corrected chi connectivity index (χ0v) is 17.0. The van der Waals surface area contributed by atoms with Crippen molar-refractivity contribution in [1.82, 2.24) is 0 Å². The van der Waals surface area contributed by atoms with Crippen LogP contribution >= 0.6 is 0 Å². The third-order valence-electron chi connectivity index (χ3n) is 5.38. The summed E-state index contributed by atoms with van der Waals surface area (Å²) < 4.78 is 5.17. The minimum atomic E-state index is -0.492. The lowest BCUT2D eigenvalue weighted by molar-refractivity contribution is -0.385. The first kappa shape index (κ1) is 20.4. The van der Waals surface area contributed by atoms with Crippen LogP contribution in [0.3, 0.4) is 0 Å². The molecule has 158 valence electrons. The molecule has 0 saturated carbocycles. The van der Waals surface area contributed by atoms with Crippen molar-refractivity contribution < 1.29 is 19.6 Å². The second-order valence-corrected chi connectivity index (χ2v) is 7.37. The maximum atomic E-state index is 12.8. The van der Waals surface area contributed by atoms with E-state index in [1.54, 1.807) is 24.3 Å². The number of nitro groups is 1. The van der Waals surface area contributed by atoms with Crippen molar-refractivity contribution in [3.63, 3.8) is 0 Å². The molecule has 3 aromatic carbocycles. The molecular formula is C23H21N3O5. The molecular weight excluding hydrogens is 398 g/mol. The van der Waals surface area contributed by atoms with E-state index in [9.17, 15) is 20.0 Å².